The molecule has 0 radical (unpaired) electrons. The van der Waals surface area contributed by atoms with Crippen LogP contribution in [0.25, 0.3) is 0 Å². The zero-order chi connectivity index (χ0) is 21.9. The van der Waals surface area contributed by atoms with Crippen LogP contribution in [0.15, 0.2) is 47.8 Å². The summed E-state index contributed by atoms with van der Waals surface area (Å²) in [6, 6.07) is 5.43. The number of halogens is 2. The molecule has 2 rings (SSSR count). The van der Waals surface area contributed by atoms with Gasteiger partial charge in [-0.3, -0.25) is 9.59 Å². The van der Waals surface area contributed by atoms with Crippen molar-refractivity contribution in [2.75, 3.05) is 12.3 Å². The summed E-state index contributed by atoms with van der Waals surface area (Å²) >= 11 is 0. The van der Waals surface area contributed by atoms with Crippen molar-refractivity contribution < 1.29 is 23.1 Å². The van der Waals surface area contributed by atoms with Crippen LogP contribution in [0.2, 0.25) is 6.32 Å². The third kappa shape index (κ3) is 7.03. The maximum absolute atomic E-state index is 13.8. The molecule has 30 heavy (non-hydrogen) atoms. The highest BCUT2D eigenvalue weighted by molar-refractivity contribution is 6.44. The Labute approximate surface area is 175 Å². The second-order valence-corrected chi connectivity index (χ2v) is 6.99. The zero-order valence-corrected chi connectivity index (χ0v) is 16.6. The van der Waals surface area contributed by atoms with Crippen LogP contribution in [0.3, 0.4) is 0 Å². The molecule has 3 N–H and O–H groups in total. The van der Waals surface area contributed by atoms with E-state index in [0.717, 1.165) is 0 Å². The van der Waals surface area contributed by atoms with Gasteiger partial charge in [0.1, 0.15) is 12.4 Å². The molecule has 0 fully saturated rings. The number of carbonyl (C=O) groups is 2. The lowest BCUT2D eigenvalue weighted by Gasteiger charge is -2.19. The maximum atomic E-state index is 13.8. The standard InChI is InChI=1S/C21H24BF2N3O3/c23-16-7-4-8-17(24)20(16)30-12-19(28)18(9-1-2-10-22-13-25)27-21(29)14-5-3-6-15(26)11-14/h3,5-7,11,18,22H,1-2,4,8-10,12,26H2,(H,27,29)/t18-/m0/s1. The Balaban J connectivity index is 2.02. The Morgan fingerprint density at radius 1 is 1.33 bits per heavy atom. The molecule has 1 aromatic carbocycles. The molecule has 0 aromatic heterocycles. The summed E-state index contributed by atoms with van der Waals surface area (Å²) in [5.74, 6) is -1.04. The molecule has 0 aliphatic heterocycles. The van der Waals surface area contributed by atoms with E-state index in [4.69, 9.17) is 15.7 Å². The smallest absolute Gasteiger partial charge is 0.251 e. The fourth-order valence-corrected chi connectivity index (χ4v) is 3.02. The molecule has 1 aliphatic carbocycles. The van der Waals surface area contributed by atoms with E-state index in [0.29, 0.717) is 44.1 Å². The number of nitrogen functional groups attached to an aromatic ring is 1. The molecule has 9 heteroatoms. The lowest BCUT2D eigenvalue weighted by atomic mass is 9.75. The summed E-state index contributed by atoms with van der Waals surface area (Å²) in [7, 11) is 0.413. The van der Waals surface area contributed by atoms with Crippen molar-refractivity contribution in [3.63, 3.8) is 0 Å². The molecule has 1 amide bonds. The summed E-state index contributed by atoms with van der Waals surface area (Å²) < 4.78 is 32.7. The van der Waals surface area contributed by atoms with E-state index in [9.17, 15) is 18.4 Å². The second kappa shape index (κ2) is 11.8. The van der Waals surface area contributed by atoms with Crippen LogP contribution in [-0.2, 0) is 9.53 Å². The fraction of sp³-hybridized carbons (Fsp3) is 0.381. The predicted octanol–water partition coefficient (Wildman–Crippen LogP) is 3.29. The number of Topliss-reactive ketones (excluding diaryl/α,β-unsaturated/α-hetero) is 1. The molecule has 1 aliphatic rings. The number of amides is 1. The van der Waals surface area contributed by atoms with Gasteiger partial charge in [-0.25, -0.2) is 14.0 Å². The number of hydrogen-bond acceptors (Lipinski definition) is 5. The molecule has 1 atom stereocenters. The van der Waals surface area contributed by atoms with Gasteiger partial charge in [-0.05, 0) is 43.1 Å². The predicted molar refractivity (Wildman–Crippen MR) is 111 cm³/mol. The highest BCUT2D eigenvalue weighted by atomic mass is 19.1. The molecular weight excluding hydrogens is 391 g/mol. The first-order chi connectivity index (χ1) is 14.4. The lowest BCUT2D eigenvalue weighted by molar-refractivity contribution is -0.124. The van der Waals surface area contributed by atoms with E-state index in [1.165, 1.54) is 12.1 Å². The number of nitriles is 1. The van der Waals surface area contributed by atoms with E-state index in [2.05, 4.69) is 11.3 Å². The van der Waals surface area contributed by atoms with Gasteiger partial charge < -0.3 is 15.8 Å². The lowest BCUT2D eigenvalue weighted by Crippen LogP contribution is -2.42. The van der Waals surface area contributed by atoms with Crippen molar-refractivity contribution in [2.45, 2.75) is 44.5 Å². The number of hydrogen-bond donors (Lipinski definition) is 2. The van der Waals surface area contributed by atoms with Crippen LogP contribution in [-0.4, -0.2) is 31.6 Å². The zero-order valence-electron chi connectivity index (χ0n) is 16.6. The molecule has 0 saturated carbocycles. The highest BCUT2D eigenvalue weighted by Crippen LogP contribution is 2.27. The minimum absolute atomic E-state index is 0.0193. The van der Waals surface area contributed by atoms with Crippen molar-refractivity contribution >= 4 is 24.7 Å². The fourth-order valence-electron chi connectivity index (χ4n) is 3.02. The molecule has 0 heterocycles. The minimum Gasteiger partial charge on any atom is -0.480 e. The summed E-state index contributed by atoms with van der Waals surface area (Å²) in [5.41, 5.74) is 6.40. The number of nitrogens with two attached hydrogens (primary N) is 1. The van der Waals surface area contributed by atoms with E-state index >= 15 is 0 Å². The Morgan fingerprint density at radius 3 is 2.83 bits per heavy atom. The molecule has 1 aromatic rings. The average Bonchev–Trinajstić information content (AvgIpc) is 2.72. The van der Waals surface area contributed by atoms with Crippen LogP contribution in [0.1, 0.15) is 42.5 Å². The summed E-state index contributed by atoms with van der Waals surface area (Å²) in [6.45, 7) is -0.565. The highest BCUT2D eigenvalue weighted by Gasteiger charge is 2.24. The topological polar surface area (TPSA) is 105 Å². The molecule has 0 unspecified atom stereocenters. The van der Waals surface area contributed by atoms with Gasteiger partial charge in [-0.15, -0.1) is 0 Å². The number of allylic oxidation sites excluding steroid dienone is 3. The van der Waals surface area contributed by atoms with E-state index in [1.54, 1.807) is 18.2 Å². The van der Waals surface area contributed by atoms with Gasteiger partial charge in [0, 0.05) is 17.7 Å². The van der Waals surface area contributed by atoms with Crippen LogP contribution in [0, 0.1) is 11.2 Å². The maximum Gasteiger partial charge on any atom is 0.251 e. The number of nitrogens with one attached hydrogen (secondary N) is 1. The van der Waals surface area contributed by atoms with Crippen molar-refractivity contribution in [3.05, 3.63) is 53.3 Å². The van der Waals surface area contributed by atoms with Crippen molar-refractivity contribution in [1.29, 1.82) is 5.26 Å². The molecular formula is C21H24BF2N3O3. The van der Waals surface area contributed by atoms with Crippen LogP contribution < -0.4 is 11.1 Å². The number of nitrogens with zero attached hydrogens (tertiary/aromatic N) is 1. The van der Waals surface area contributed by atoms with E-state index in [-0.39, 0.29) is 12.8 Å². The number of anilines is 1. The van der Waals surface area contributed by atoms with Gasteiger partial charge in [0.25, 0.3) is 5.91 Å². The van der Waals surface area contributed by atoms with E-state index < -0.39 is 41.8 Å². The van der Waals surface area contributed by atoms with Gasteiger partial charge in [0.15, 0.2) is 17.4 Å². The third-order valence-electron chi connectivity index (χ3n) is 4.63. The first kappa shape index (κ1) is 23.1. The van der Waals surface area contributed by atoms with Crippen LogP contribution >= 0.6 is 0 Å². The molecule has 6 nitrogen and oxygen atoms in total. The number of ketones is 1. The Kier molecular flexibility index (Phi) is 9.07. The summed E-state index contributed by atoms with van der Waals surface area (Å²) in [5, 5.41) is 11.3. The molecule has 158 valence electrons. The normalized spacial score (nSPS) is 14.4. The van der Waals surface area contributed by atoms with Gasteiger partial charge in [0.2, 0.25) is 7.28 Å². The minimum atomic E-state index is -0.889. The monoisotopic (exact) mass is 415 g/mol. The van der Waals surface area contributed by atoms with Crippen molar-refractivity contribution in [2.24, 2.45) is 0 Å². The molecule has 0 spiro atoms. The number of rotatable bonds is 11. The summed E-state index contributed by atoms with van der Waals surface area (Å²) in [6.07, 6.45) is 3.78. The molecule has 0 bridgehead atoms. The SMILES string of the molecule is N#CBCCCC[C@H](NC(=O)c1cccc(N)c1)C(=O)COC1=C(F)CCC=C1F. The van der Waals surface area contributed by atoms with Gasteiger partial charge >= 0.3 is 0 Å². The Bertz CT molecular complexity index is 880. The number of unbranched alkanes of at least 4 members (excludes halogenated alkanes) is 1. The second-order valence-electron chi connectivity index (χ2n) is 6.99. The van der Waals surface area contributed by atoms with Gasteiger partial charge in [-0.1, -0.05) is 25.2 Å². The Morgan fingerprint density at radius 2 is 2.13 bits per heavy atom. The Hall–Kier alpha value is -3.15. The third-order valence-corrected chi connectivity index (χ3v) is 4.63. The van der Waals surface area contributed by atoms with Crippen LogP contribution in [0.4, 0.5) is 14.5 Å². The first-order valence-corrected chi connectivity index (χ1v) is 9.86. The molecule has 0 saturated heterocycles. The average molecular weight is 415 g/mol. The van der Waals surface area contributed by atoms with Gasteiger partial charge in [0.05, 0.1) is 6.04 Å². The quantitative estimate of drug-likeness (QED) is 0.328. The van der Waals surface area contributed by atoms with Crippen LogP contribution in [0.5, 0.6) is 0 Å². The van der Waals surface area contributed by atoms with Crippen molar-refractivity contribution in [3.8, 4) is 5.97 Å². The van der Waals surface area contributed by atoms with Crippen molar-refractivity contribution in [1.82, 2.24) is 5.32 Å². The summed E-state index contributed by atoms with van der Waals surface area (Å²) in [4.78, 5) is 25.2. The first-order valence-electron chi connectivity index (χ1n) is 9.86. The van der Waals surface area contributed by atoms with E-state index in [1.807, 2.05) is 0 Å². The number of carbonyl (C=O) groups excluding carboxylic acids is 2. The number of ether oxygens (including phenoxy) is 1. The number of benzene rings is 1. The largest absolute Gasteiger partial charge is 0.480 e. The van der Waals surface area contributed by atoms with Gasteiger partial charge in [-0.2, -0.15) is 0 Å².